The lowest BCUT2D eigenvalue weighted by molar-refractivity contribution is -0.119. The number of rotatable bonds is 3. The molecule has 7 nitrogen and oxygen atoms in total. The SMILES string of the molecule is Cc1ccc(-c2nc(CN3CC(=O)N(C)c4ccccc4C3=O)no2)cc1. The lowest BCUT2D eigenvalue weighted by Gasteiger charge is -2.18. The summed E-state index contributed by atoms with van der Waals surface area (Å²) in [5.41, 5.74) is 3.02. The van der Waals surface area contributed by atoms with Gasteiger partial charge < -0.3 is 14.3 Å². The van der Waals surface area contributed by atoms with Gasteiger partial charge in [-0.2, -0.15) is 4.98 Å². The van der Waals surface area contributed by atoms with Gasteiger partial charge in [0.1, 0.15) is 6.54 Å². The van der Waals surface area contributed by atoms with Crippen LogP contribution in [0, 0.1) is 6.92 Å². The number of aryl methyl sites for hydroxylation is 1. The summed E-state index contributed by atoms with van der Waals surface area (Å²) in [5.74, 6) is 0.338. The molecule has 0 spiro atoms. The van der Waals surface area contributed by atoms with Gasteiger partial charge in [0.15, 0.2) is 5.82 Å². The van der Waals surface area contributed by atoms with Crippen LogP contribution in [0.1, 0.15) is 21.7 Å². The fraction of sp³-hybridized carbons (Fsp3) is 0.200. The first-order valence-corrected chi connectivity index (χ1v) is 8.57. The van der Waals surface area contributed by atoms with E-state index in [0.29, 0.717) is 23.0 Å². The molecule has 0 saturated carbocycles. The third kappa shape index (κ3) is 3.19. The second-order valence-electron chi connectivity index (χ2n) is 6.51. The van der Waals surface area contributed by atoms with Crippen LogP contribution in [0.25, 0.3) is 11.5 Å². The first-order valence-electron chi connectivity index (χ1n) is 8.57. The summed E-state index contributed by atoms with van der Waals surface area (Å²) in [6, 6.07) is 14.8. The number of anilines is 1. The number of amides is 2. The Kier molecular flexibility index (Phi) is 4.19. The molecule has 0 atom stereocenters. The number of carbonyl (C=O) groups excluding carboxylic acids is 2. The summed E-state index contributed by atoms with van der Waals surface area (Å²) in [5, 5.41) is 3.97. The Labute approximate surface area is 156 Å². The first kappa shape index (κ1) is 17.0. The van der Waals surface area contributed by atoms with Crippen LogP contribution in [-0.2, 0) is 11.3 Å². The maximum absolute atomic E-state index is 12.9. The van der Waals surface area contributed by atoms with E-state index in [1.165, 1.54) is 9.80 Å². The second-order valence-corrected chi connectivity index (χ2v) is 6.51. The Hall–Kier alpha value is -3.48. The van der Waals surface area contributed by atoms with Gasteiger partial charge in [-0.05, 0) is 31.2 Å². The van der Waals surface area contributed by atoms with Crippen molar-refractivity contribution in [3.05, 3.63) is 65.5 Å². The molecule has 3 aromatic rings. The minimum atomic E-state index is -0.231. The topological polar surface area (TPSA) is 79.5 Å². The lowest BCUT2D eigenvalue weighted by atomic mass is 10.1. The van der Waals surface area contributed by atoms with Gasteiger partial charge in [-0.15, -0.1) is 0 Å². The molecule has 0 radical (unpaired) electrons. The normalized spacial score (nSPS) is 14.3. The average Bonchev–Trinajstić information content (AvgIpc) is 3.12. The molecule has 136 valence electrons. The molecule has 1 aromatic heterocycles. The molecule has 2 amide bonds. The molecule has 0 saturated heterocycles. The van der Waals surface area contributed by atoms with E-state index in [1.54, 1.807) is 31.3 Å². The molecule has 4 rings (SSSR count). The van der Waals surface area contributed by atoms with Crippen molar-refractivity contribution in [2.75, 3.05) is 18.5 Å². The van der Waals surface area contributed by atoms with Gasteiger partial charge in [0.25, 0.3) is 11.8 Å². The molecule has 7 heteroatoms. The number of hydrogen-bond donors (Lipinski definition) is 0. The standard InChI is InChI=1S/C20H18N4O3/c1-13-7-9-14(10-8-13)19-21-17(22-27-19)11-24-12-18(25)23(2)16-6-4-3-5-15(16)20(24)26/h3-10H,11-12H2,1-2H3. The highest BCUT2D eigenvalue weighted by Crippen LogP contribution is 2.25. The molecule has 27 heavy (non-hydrogen) atoms. The molecule has 0 unspecified atom stereocenters. The maximum atomic E-state index is 12.9. The Balaban J connectivity index is 1.60. The zero-order valence-corrected chi connectivity index (χ0v) is 15.0. The summed E-state index contributed by atoms with van der Waals surface area (Å²) < 4.78 is 5.32. The number of para-hydroxylation sites is 1. The van der Waals surface area contributed by atoms with Crippen molar-refractivity contribution in [2.45, 2.75) is 13.5 Å². The predicted molar refractivity (Wildman–Crippen MR) is 99.1 cm³/mol. The Bertz CT molecular complexity index is 1010. The molecule has 0 bridgehead atoms. The first-order chi connectivity index (χ1) is 13.0. The highest BCUT2D eigenvalue weighted by Gasteiger charge is 2.30. The third-order valence-corrected chi connectivity index (χ3v) is 4.58. The van der Waals surface area contributed by atoms with Crippen LogP contribution in [0.4, 0.5) is 5.69 Å². The quantitative estimate of drug-likeness (QED) is 0.716. The summed E-state index contributed by atoms with van der Waals surface area (Å²) in [4.78, 5) is 32.7. The fourth-order valence-corrected chi connectivity index (χ4v) is 3.02. The summed E-state index contributed by atoms with van der Waals surface area (Å²) in [7, 11) is 1.67. The van der Waals surface area contributed by atoms with E-state index in [1.807, 2.05) is 31.2 Å². The highest BCUT2D eigenvalue weighted by molar-refractivity contribution is 6.09. The minimum absolute atomic E-state index is 0.0432. The van der Waals surface area contributed by atoms with Crippen molar-refractivity contribution >= 4 is 17.5 Å². The van der Waals surface area contributed by atoms with E-state index in [0.717, 1.165) is 11.1 Å². The minimum Gasteiger partial charge on any atom is -0.334 e. The molecule has 0 fully saturated rings. The van der Waals surface area contributed by atoms with Crippen molar-refractivity contribution in [1.82, 2.24) is 15.0 Å². The van der Waals surface area contributed by atoms with E-state index in [-0.39, 0.29) is 24.9 Å². The van der Waals surface area contributed by atoms with Crippen LogP contribution >= 0.6 is 0 Å². The van der Waals surface area contributed by atoms with Crippen molar-refractivity contribution in [3.8, 4) is 11.5 Å². The molecule has 1 aliphatic rings. The molecule has 2 aromatic carbocycles. The fourth-order valence-electron chi connectivity index (χ4n) is 3.02. The van der Waals surface area contributed by atoms with Crippen molar-refractivity contribution in [1.29, 1.82) is 0 Å². The Morgan fingerprint density at radius 1 is 1.07 bits per heavy atom. The summed E-state index contributed by atoms with van der Waals surface area (Å²) >= 11 is 0. The van der Waals surface area contributed by atoms with Gasteiger partial charge in [-0.1, -0.05) is 35.0 Å². The van der Waals surface area contributed by atoms with E-state index < -0.39 is 0 Å². The van der Waals surface area contributed by atoms with Gasteiger partial charge in [0.05, 0.1) is 17.8 Å². The van der Waals surface area contributed by atoms with Gasteiger partial charge >= 0.3 is 0 Å². The van der Waals surface area contributed by atoms with Crippen LogP contribution in [0.5, 0.6) is 0 Å². The number of benzene rings is 2. The van der Waals surface area contributed by atoms with Crippen LogP contribution in [0.2, 0.25) is 0 Å². The summed E-state index contributed by atoms with van der Waals surface area (Å²) in [6.45, 7) is 2.06. The van der Waals surface area contributed by atoms with Gasteiger partial charge in [-0.3, -0.25) is 9.59 Å². The van der Waals surface area contributed by atoms with Crippen LogP contribution in [0.15, 0.2) is 53.1 Å². The van der Waals surface area contributed by atoms with E-state index in [2.05, 4.69) is 10.1 Å². The maximum Gasteiger partial charge on any atom is 0.257 e. The average molecular weight is 362 g/mol. The largest absolute Gasteiger partial charge is 0.334 e. The van der Waals surface area contributed by atoms with Crippen molar-refractivity contribution in [2.24, 2.45) is 0 Å². The molecule has 2 heterocycles. The van der Waals surface area contributed by atoms with E-state index in [4.69, 9.17) is 4.52 Å². The zero-order chi connectivity index (χ0) is 19.0. The van der Waals surface area contributed by atoms with Gasteiger partial charge in [0.2, 0.25) is 5.91 Å². The van der Waals surface area contributed by atoms with Gasteiger partial charge in [-0.25, -0.2) is 0 Å². The Morgan fingerprint density at radius 3 is 2.59 bits per heavy atom. The Morgan fingerprint density at radius 2 is 1.81 bits per heavy atom. The molecule has 1 aliphatic heterocycles. The van der Waals surface area contributed by atoms with E-state index >= 15 is 0 Å². The number of nitrogens with zero attached hydrogens (tertiary/aromatic N) is 4. The van der Waals surface area contributed by atoms with Crippen LogP contribution < -0.4 is 4.90 Å². The number of carbonyl (C=O) groups is 2. The zero-order valence-electron chi connectivity index (χ0n) is 15.0. The summed E-state index contributed by atoms with van der Waals surface area (Å²) in [6.07, 6.45) is 0. The third-order valence-electron chi connectivity index (χ3n) is 4.58. The smallest absolute Gasteiger partial charge is 0.257 e. The number of likely N-dealkylation sites (N-methyl/N-ethyl adjacent to an activating group) is 1. The number of fused-ring (bicyclic) bond motifs is 1. The monoisotopic (exact) mass is 362 g/mol. The predicted octanol–water partition coefficient (Wildman–Crippen LogP) is 2.66. The lowest BCUT2D eigenvalue weighted by Crippen LogP contribution is -2.37. The van der Waals surface area contributed by atoms with Crippen LogP contribution in [-0.4, -0.2) is 40.4 Å². The number of aromatic nitrogens is 2. The van der Waals surface area contributed by atoms with E-state index in [9.17, 15) is 9.59 Å². The number of hydrogen-bond acceptors (Lipinski definition) is 5. The molecular weight excluding hydrogens is 344 g/mol. The molecule has 0 N–H and O–H groups in total. The highest BCUT2D eigenvalue weighted by atomic mass is 16.5. The van der Waals surface area contributed by atoms with Gasteiger partial charge in [0, 0.05) is 12.6 Å². The molecular formula is C20H18N4O3. The van der Waals surface area contributed by atoms with Crippen LogP contribution in [0.3, 0.4) is 0 Å². The van der Waals surface area contributed by atoms with Crippen molar-refractivity contribution in [3.63, 3.8) is 0 Å². The molecule has 0 aliphatic carbocycles. The van der Waals surface area contributed by atoms with Crippen molar-refractivity contribution < 1.29 is 14.1 Å². The second kappa shape index (κ2) is 6.68.